The van der Waals surface area contributed by atoms with Crippen LogP contribution in [0.2, 0.25) is 0 Å². The molecule has 0 bridgehead atoms. The first kappa shape index (κ1) is 22.9. The minimum absolute atomic E-state index is 0. The molecule has 0 fully saturated rings. The Kier molecular flexibility index (Phi) is 8.65. The molecule has 0 unspecified atom stereocenters. The highest BCUT2D eigenvalue weighted by atomic mass is 127. The second-order valence-corrected chi connectivity index (χ2v) is 8.10. The van der Waals surface area contributed by atoms with Gasteiger partial charge in [0.1, 0.15) is 6.26 Å². The highest BCUT2D eigenvalue weighted by Crippen LogP contribution is 2.17. The summed E-state index contributed by atoms with van der Waals surface area (Å²) in [4.78, 5) is 8.86. The fourth-order valence-electron chi connectivity index (χ4n) is 2.55. The number of aromatic nitrogens is 1. The first-order valence-corrected chi connectivity index (χ1v) is 10.5. The molecule has 2 aromatic carbocycles. The molecule has 0 radical (unpaired) electrons. The van der Waals surface area contributed by atoms with Gasteiger partial charge in [-0.15, -0.1) is 24.0 Å². The smallest absolute Gasteiger partial charge is 0.226 e. The highest BCUT2D eigenvalue weighted by molar-refractivity contribution is 14.0. The van der Waals surface area contributed by atoms with Gasteiger partial charge in [0.25, 0.3) is 0 Å². The highest BCUT2D eigenvalue weighted by Gasteiger charge is 2.13. The van der Waals surface area contributed by atoms with Gasteiger partial charge in [0, 0.05) is 19.2 Å². The van der Waals surface area contributed by atoms with Crippen molar-refractivity contribution in [3.05, 3.63) is 72.6 Å². The molecule has 29 heavy (non-hydrogen) atoms. The molecule has 9 heteroatoms. The molecule has 2 N–H and O–H groups in total. The van der Waals surface area contributed by atoms with Crippen LogP contribution in [0.3, 0.4) is 0 Å². The van der Waals surface area contributed by atoms with E-state index in [1.807, 2.05) is 30.3 Å². The molecule has 3 rings (SSSR count). The molecular weight excluding hydrogens is 503 g/mol. The molecule has 0 saturated heterocycles. The number of halogens is 1. The van der Waals surface area contributed by atoms with Gasteiger partial charge in [-0.3, -0.25) is 4.99 Å². The SMILES string of the molecule is CN=C(NCCS(=O)(=O)c1ccccc1)NCc1coc(-c2ccccc2)n1.I. The van der Waals surface area contributed by atoms with Gasteiger partial charge in [0.05, 0.1) is 22.9 Å². The Morgan fingerprint density at radius 3 is 2.34 bits per heavy atom. The zero-order valence-electron chi connectivity index (χ0n) is 15.9. The van der Waals surface area contributed by atoms with Crippen LogP contribution in [0.1, 0.15) is 5.69 Å². The van der Waals surface area contributed by atoms with Crippen molar-refractivity contribution in [1.82, 2.24) is 15.6 Å². The normalized spacial score (nSPS) is 11.6. The van der Waals surface area contributed by atoms with Crippen molar-refractivity contribution in [3.8, 4) is 11.5 Å². The average Bonchev–Trinajstić information content (AvgIpc) is 3.21. The standard InChI is InChI=1S/C20H22N4O3S.HI/c1-21-20(22-12-13-28(25,26)18-10-6-3-7-11-18)23-14-17-15-27-19(24-17)16-8-4-2-5-9-16;/h2-11,15H,12-14H2,1H3,(H2,21,22,23);1H. The number of nitrogens with zero attached hydrogens (tertiary/aromatic N) is 2. The van der Waals surface area contributed by atoms with Crippen molar-refractivity contribution in [2.24, 2.45) is 4.99 Å². The molecule has 0 aliphatic rings. The third-order valence-corrected chi connectivity index (χ3v) is 5.73. The minimum Gasteiger partial charge on any atom is -0.444 e. The zero-order chi connectivity index (χ0) is 19.8. The lowest BCUT2D eigenvalue weighted by molar-refractivity contribution is 0.572. The topological polar surface area (TPSA) is 96.6 Å². The minimum atomic E-state index is -3.33. The summed E-state index contributed by atoms with van der Waals surface area (Å²) in [6.07, 6.45) is 1.59. The van der Waals surface area contributed by atoms with Gasteiger partial charge in [0.15, 0.2) is 15.8 Å². The van der Waals surface area contributed by atoms with Gasteiger partial charge in [-0.05, 0) is 24.3 Å². The molecule has 3 aromatic rings. The third-order valence-electron chi connectivity index (χ3n) is 4.00. The van der Waals surface area contributed by atoms with E-state index in [1.54, 1.807) is 43.6 Å². The lowest BCUT2D eigenvalue weighted by Crippen LogP contribution is -2.39. The molecule has 0 aliphatic carbocycles. The number of oxazole rings is 1. The summed E-state index contributed by atoms with van der Waals surface area (Å²) < 4.78 is 30.1. The predicted molar refractivity (Wildman–Crippen MR) is 124 cm³/mol. The maximum atomic E-state index is 12.3. The summed E-state index contributed by atoms with van der Waals surface area (Å²) in [6.45, 7) is 0.645. The maximum Gasteiger partial charge on any atom is 0.226 e. The number of sulfone groups is 1. The Morgan fingerprint density at radius 2 is 1.69 bits per heavy atom. The van der Waals surface area contributed by atoms with E-state index in [0.29, 0.717) is 23.3 Å². The molecule has 1 aromatic heterocycles. The summed E-state index contributed by atoms with van der Waals surface area (Å²) in [5, 5.41) is 6.10. The van der Waals surface area contributed by atoms with Crippen molar-refractivity contribution in [3.63, 3.8) is 0 Å². The zero-order valence-corrected chi connectivity index (χ0v) is 19.1. The molecule has 0 amide bonds. The van der Waals surface area contributed by atoms with Gasteiger partial charge in [0.2, 0.25) is 5.89 Å². The average molecular weight is 526 g/mol. The molecule has 1 heterocycles. The van der Waals surface area contributed by atoms with E-state index in [4.69, 9.17) is 4.42 Å². The number of guanidine groups is 1. The second-order valence-electron chi connectivity index (χ2n) is 5.99. The van der Waals surface area contributed by atoms with Crippen molar-refractivity contribution < 1.29 is 12.8 Å². The van der Waals surface area contributed by atoms with Gasteiger partial charge in [-0.1, -0.05) is 36.4 Å². The Morgan fingerprint density at radius 1 is 1.03 bits per heavy atom. The van der Waals surface area contributed by atoms with Crippen LogP contribution in [-0.4, -0.2) is 38.7 Å². The molecular formula is C20H23IN4O3S. The van der Waals surface area contributed by atoms with E-state index in [-0.39, 0.29) is 36.3 Å². The van der Waals surface area contributed by atoms with E-state index < -0.39 is 9.84 Å². The van der Waals surface area contributed by atoms with Gasteiger partial charge in [-0.2, -0.15) is 0 Å². The summed E-state index contributed by atoms with van der Waals surface area (Å²) in [5.41, 5.74) is 1.63. The Balaban J connectivity index is 0.00000300. The number of aliphatic imine (C=N–C) groups is 1. The Bertz CT molecular complexity index is 1020. The predicted octanol–water partition coefficient (Wildman–Crippen LogP) is 3.10. The van der Waals surface area contributed by atoms with E-state index in [1.165, 1.54) is 0 Å². The quantitative estimate of drug-likeness (QED) is 0.279. The lowest BCUT2D eigenvalue weighted by Gasteiger charge is -2.11. The number of nitrogens with one attached hydrogen (secondary N) is 2. The fraction of sp³-hybridized carbons (Fsp3) is 0.200. The maximum absolute atomic E-state index is 12.3. The van der Waals surface area contributed by atoms with Gasteiger partial charge >= 0.3 is 0 Å². The van der Waals surface area contributed by atoms with Crippen LogP contribution >= 0.6 is 24.0 Å². The molecule has 0 aliphatic heterocycles. The van der Waals surface area contributed by atoms with Crippen LogP contribution in [0.5, 0.6) is 0 Å². The molecule has 0 saturated carbocycles. The van der Waals surface area contributed by atoms with Crippen molar-refractivity contribution in [1.29, 1.82) is 0 Å². The van der Waals surface area contributed by atoms with Crippen LogP contribution in [0.4, 0.5) is 0 Å². The fourth-order valence-corrected chi connectivity index (χ4v) is 3.72. The van der Waals surface area contributed by atoms with E-state index in [0.717, 1.165) is 11.3 Å². The molecule has 0 atom stereocenters. The summed E-state index contributed by atoms with van der Waals surface area (Å²) in [5.74, 6) is 1.02. The van der Waals surface area contributed by atoms with E-state index in [9.17, 15) is 8.42 Å². The van der Waals surface area contributed by atoms with Crippen LogP contribution in [-0.2, 0) is 16.4 Å². The van der Waals surface area contributed by atoms with E-state index in [2.05, 4.69) is 20.6 Å². The number of hydrogen-bond acceptors (Lipinski definition) is 5. The van der Waals surface area contributed by atoms with Crippen LogP contribution < -0.4 is 10.6 Å². The van der Waals surface area contributed by atoms with Crippen LogP contribution in [0, 0.1) is 0 Å². The van der Waals surface area contributed by atoms with E-state index >= 15 is 0 Å². The third kappa shape index (κ3) is 6.57. The lowest BCUT2D eigenvalue weighted by atomic mass is 10.2. The number of hydrogen-bond donors (Lipinski definition) is 2. The Labute approximate surface area is 187 Å². The molecule has 7 nitrogen and oxygen atoms in total. The van der Waals surface area contributed by atoms with Crippen LogP contribution in [0.15, 0.2) is 81.2 Å². The monoisotopic (exact) mass is 526 g/mol. The summed E-state index contributed by atoms with van der Waals surface area (Å²) in [6, 6.07) is 18.0. The summed E-state index contributed by atoms with van der Waals surface area (Å²) in [7, 11) is -1.71. The van der Waals surface area contributed by atoms with Crippen molar-refractivity contribution in [2.45, 2.75) is 11.4 Å². The van der Waals surface area contributed by atoms with Gasteiger partial charge < -0.3 is 15.1 Å². The van der Waals surface area contributed by atoms with Crippen molar-refractivity contribution >= 4 is 39.8 Å². The second kappa shape index (κ2) is 11.0. The first-order valence-electron chi connectivity index (χ1n) is 8.80. The van der Waals surface area contributed by atoms with Gasteiger partial charge in [-0.25, -0.2) is 13.4 Å². The molecule has 154 valence electrons. The number of rotatable bonds is 7. The summed E-state index contributed by atoms with van der Waals surface area (Å²) >= 11 is 0. The molecule has 0 spiro atoms. The largest absolute Gasteiger partial charge is 0.444 e. The number of benzene rings is 2. The Hall–Kier alpha value is -2.40. The van der Waals surface area contributed by atoms with Crippen LogP contribution in [0.25, 0.3) is 11.5 Å². The van der Waals surface area contributed by atoms with Crippen molar-refractivity contribution in [2.75, 3.05) is 19.3 Å². The first-order chi connectivity index (χ1) is 13.6.